The minimum Gasteiger partial charge on any atom is -0.206 e. The normalized spacial score (nSPS) is 13.4. The van der Waals surface area contributed by atoms with Gasteiger partial charge in [-0.2, -0.15) is 0 Å². The van der Waals surface area contributed by atoms with Crippen LogP contribution in [0.4, 0.5) is 0 Å². The van der Waals surface area contributed by atoms with E-state index in [4.69, 9.17) is 0 Å². The van der Waals surface area contributed by atoms with Crippen molar-refractivity contribution in [2.24, 2.45) is 0 Å². The summed E-state index contributed by atoms with van der Waals surface area (Å²) in [6.45, 7) is 3.85. The molecule has 2 aromatic rings. The fraction of sp³-hybridized carbons (Fsp3) is 0.231. The van der Waals surface area contributed by atoms with Gasteiger partial charge in [0.25, 0.3) is 10.0 Å². The summed E-state index contributed by atoms with van der Waals surface area (Å²) in [6, 6.07) is 10.9. The van der Waals surface area contributed by atoms with Crippen LogP contribution >= 0.6 is 11.3 Å². The fourth-order valence-electron chi connectivity index (χ4n) is 1.63. The lowest BCUT2D eigenvalue weighted by Crippen LogP contribution is -2.26. The van der Waals surface area contributed by atoms with Crippen LogP contribution in [0.25, 0.3) is 0 Å². The molecular weight excluding hydrogens is 266 g/mol. The first-order valence-corrected chi connectivity index (χ1v) is 7.98. The second-order valence-electron chi connectivity index (χ2n) is 4.19. The van der Waals surface area contributed by atoms with Gasteiger partial charge in [-0.25, -0.2) is 13.1 Å². The van der Waals surface area contributed by atoms with Crippen LogP contribution in [0.15, 0.2) is 46.0 Å². The van der Waals surface area contributed by atoms with Gasteiger partial charge in [0, 0.05) is 6.04 Å². The van der Waals surface area contributed by atoms with E-state index in [1.165, 1.54) is 11.3 Å². The molecule has 5 heteroatoms. The lowest BCUT2D eigenvalue weighted by molar-refractivity contribution is 0.569. The minimum atomic E-state index is -3.41. The first-order valence-electron chi connectivity index (χ1n) is 5.61. The van der Waals surface area contributed by atoms with E-state index < -0.39 is 10.0 Å². The molecule has 0 fully saturated rings. The quantitative estimate of drug-likeness (QED) is 0.936. The molecule has 0 saturated carbocycles. The Bertz CT molecular complexity index is 601. The van der Waals surface area contributed by atoms with Gasteiger partial charge in [0.1, 0.15) is 4.21 Å². The summed E-state index contributed by atoms with van der Waals surface area (Å²) in [7, 11) is -3.41. The van der Waals surface area contributed by atoms with E-state index >= 15 is 0 Å². The van der Waals surface area contributed by atoms with Crippen LogP contribution in [0.3, 0.4) is 0 Å². The fourth-order valence-corrected chi connectivity index (χ4v) is 3.87. The highest BCUT2D eigenvalue weighted by Gasteiger charge is 2.18. The highest BCUT2D eigenvalue weighted by molar-refractivity contribution is 7.91. The number of benzene rings is 1. The molecule has 1 aromatic heterocycles. The van der Waals surface area contributed by atoms with Gasteiger partial charge in [-0.15, -0.1) is 11.3 Å². The van der Waals surface area contributed by atoms with E-state index in [2.05, 4.69) is 4.72 Å². The Morgan fingerprint density at radius 1 is 1.17 bits per heavy atom. The van der Waals surface area contributed by atoms with Crippen molar-refractivity contribution in [3.8, 4) is 0 Å². The van der Waals surface area contributed by atoms with Crippen LogP contribution in [-0.2, 0) is 10.0 Å². The van der Waals surface area contributed by atoms with Crippen LogP contribution in [0.5, 0.6) is 0 Å². The Hall–Kier alpha value is -1.17. The molecule has 0 radical (unpaired) electrons. The van der Waals surface area contributed by atoms with Crippen LogP contribution in [-0.4, -0.2) is 8.42 Å². The summed E-state index contributed by atoms with van der Waals surface area (Å²) in [4.78, 5) is 0. The van der Waals surface area contributed by atoms with Crippen molar-refractivity contribution < 1.29 is 8.42 Å². The van der Waals surface area contributed by atoms with Gasteiger partial charge in [-0.1, -0.05) is 35.9 Å². The van der Waals surface area contributed by atoms with Gasteiger partial charge < -0.3 is 0 Å². The largest absolute Gasteiger partial charge is 0.250 e. The van der Waals surface area contributed by atoms with E-state index in [9.17, 15) is 8.42 Å². The molecule has 1 aromatic carbocycles. The molecule has 2 rings (SSSR count). The first-order chi connectivity index (χ1) is 8.49. The molecule has 0 aliphatic rings. The summed E-state index contributed by atoms with van der Waals surface area (Å²) in [5.41, 5.74) is 2.12. The van der Waals surface area contributed by atoms with E-state index in [1.807, 2.05) is 38.1 Å². The molecule has 0 amide bonds. The van der Waals surface area contributed by atoms with Crippen molar-refractivity contribution in [2.45, 2.75) is 24.1 Å². The molecule has 18 heavy (non-hydrogen) atoms. The number of nitrogens with one attached hydrogen (secondary N) is 1. The highest BCUT2D eigenvalue weighted by atomic mass is 32.2. The summed E-state index contributed by atoms with van der Waals surface area (Å²) in [5, 5.41) is 1.76. The lowest BCUT2D eigenvalue weighted by atomic mass is 10.1. The molecule has 1 N–H and O–H groups in total. The summed E-state index contributed by atoms with van der Waals surface area (Å²) < 4.78 is 27.1. The average Bonchev–Trinajstić information content (AvgIpc) is 2.83. The van der Waals surface area contributed by atoms with E-state index in [0.29, 0.717) is 4.21 Å². The topological polar surface area (TPSA) is 46.2 Å². The van der Waals surface area contributed by atoms with Crippen molar-refractivity contribution in [1.82, 2.24) is 4.72 Å². The molecule has 0 spiro atoms. The third-order valence-corrected chi connectivity index (χ3v) is 5.61. The summed E-state index contributed by atoms with van der Waals surface area (Å²) >= 11 is 1.22. The van der Waals surface area contributed by atoms with Crippen molar-refractivity contribution in [3.05, 3.63) is 52.9 Å². The summed E-state index contributed by atoms with van der Waals surface area (Å²) in [6.07, 6.45) is 0. The average molecular weight is 281 g/mol. The number of thiophene rings is 1. The van der Waals surface area contributed by atoms with E-state index in [0.717, 1.165) is 11.1 Å². The Morgan fingerprint density at radius 2 is 1.83 bits per heavy atom. The van der Waals surface area contributed by atoms with Gasteiger partial charge in [0.15, 0.2) is 0 Å². The van der Waals surface area contributed by atoms with Crippen molar-refractivity contribution in [3.63, 3.8) is 0 Å². The van der Waals surface area contributed by atoms with E-state index in [-0.39, 0.29) is 6.04 Å². The maximum absolute atomic E-state index is 12.0. The van der Waals surface area contributed by atoms with E-state index in [1.54, 1.807) is 17.5 Å². The van der Waals surface area contributed by atoms with Gasteiger partial charge in [0.2, 0.25) is 0 Å². The Labute approximate surface area is 112 Å². The molecular formula is C13H15NO2S2. The molecule has 0 aliphatic carbocycles. The second-order valence-corrected chi connectivity index (χ2v) is 7.07. The number of sulfonamides is 1. The van der Waals surface area contributed by atoms with Gasteiger partial charge in [0.05, 0.1) is 0 Å². The minimum absolute atomic E-state index is 0.238. The predicted octanol–water partition coefficient (Wildman–Crippen LogP) is 3.10. The number of hydrogen-bond donors (Lipinski definition) is 1. The first kappa shape index (κ1) is 13.3. The maximum Gasteiger partial charge on any atom is 0.250 e. The third kappa shape index (κ3) is 2.98. The molecule has 0 aliphatic heterocycles. The zero-order valence-electron chi connectivity index (χ0n) is 10.3. The molecule has 1 heterocycles. The number of aryl methyl sites for hydroxylation is 1. The second kappa shape index (κ2) is 5.22. The smallest absolute Gasteiger partial charge is 0.206 e. The van der Waals surface area contributed by atoms with Crippen LogP contribution < -0.4 is 4.72 Å². The number of rotatable bonds is 4. The van der Waals surface area contributed by atoms with Gasteiger partial charge in [-0.3, -0.25) is 0 Å². The number of hydrogen-bond acceptors (Lipinski definition) is 3. The van der Waals surface area contributed by atoms with Gasteiger partial charge in [-0.05, 0) is 30.9 Å². The standard InChI is InChI=1S/C13H15NO2S2/c1-10-5-7-12(8-6-10)11(2)14-18(15,16)13-4-3-9-17-13/h3-9,11,14H,1-2H3/t11-/m1/s1. The SMILES string of the molecule is Cc1ccc([C@@H](C)NS(=O)(=O)c2cccs2)cc1. The predicted molar refractivity (Wildman–Crippen MR) is 74.2 cm³/mol. The van der Waals surface area contributed by atoms with Crippen LogP contribution in [0.1, 0.15) is 24.1 Å². The molecule has 1 atom stereocenters. The van der Waals surface area contributed by atoms with Crippen molar-refractivity contribution in [1.29, 1.82) is 0 Å². The summed E-state index contributed by atoms with van der Waals surface area (Å²) in [5.74, 6) is 0. The maximum atomic E-state index is 12.0. The Morgan fingerprint density at radius 3 is 2.39 bits per heavy atom. The van der Waals surface area contributed by atoms with Crippen LogP contribution in [0, 0.1) is 6.92 Å². The zero-order valence-corrected chi connectivity index (χ0v) is 11.9. The third-order valence-electron chi connectivity index (χ3n) is 2.67. The van der Waals surface area contributed by atoms with Crippen LogP contribution in [0.2, 0.25) is 0 Å². The Balaban J connectivity index is 2.17. The molecule has 3 nitrogen and oxygen atoms in total. The molecule has 96 valence electrons. The highest BCUT2D eigenvalue weighted by Crippen LogP contribution is 2.20. The molecule has 0 saturated heterocycles. The lowest BCUT2D eigenvalue weighted by Gasteiger charge is -2.14. The monoisotopic (exact) mass is 281 g/mol. The van der Waals surface area contributed by atoms with Crippen molar-refractivity contribution in [2.75, 3.05) is 0 Å². The zero-order chi connectivity index (χ0) is 13.2. The van der Waals surface area contributed by atoms with Gasteiger partial charge >= 0.3 is 0 Å². The van der Waals surface area contributed by atoms with Crippen molar-refractivity contribution >= 4 is 21.4 Å². The Kier molecular flexibility index (Phi) is 3.85. The molecule has 0 bridgehead atoms. The molecule has 0 unspecified atom stereocenters.